The standard InChI is InChI=1S/C24H50O4S.Na/c1-3-5-7-8-9-10-11-12-13-14-15-16-17-18-20-22-24(29(26,27)28)23(25)21-19-6-4-2;/h23-25H,3-22H2,1-2H3,(H,26,27,28);/q;+1/p-1. The quantitative estimate of drug-likeness (QED) is 0.151. The van der Waals surface area contributed by atoms with Crippen molar-refractivity contribution in [2.24, 2.45) is 0 Å². The molecule has 0 radical (unpaired) electrons. The monoisotopic (exact) mass is 456 g/mol. The average molecular weight is 457 g/mol. The van der Waals surface area contributed by atoms with Gasteiger partial charge in [0.15, 0.2) is 0 Å². The molecule has 0 bridgehead atoms. The summed E-state index contributed by atoms with van der Waals surface area (Å²) in [5.74, 6) is 0. The summed E-state index contributed by atoms with van der Waals surface area (Å²) in [6, 6.07) is 0. The minimum atomic E-state index is -4.42. The summed E-state index contributed by atoms with van der Waals surface area (Å²) in [5, 5.41) is 8.98. The molecule has 0 aromatic rings. The Hall–Kier alpha value is 0.870. The van der Waals surface area contributed by atoms with Gasteiger partial charge in [-0.25, -0.2) is 8.42 Å². The minimum Gasteiger partial charge on any atom is -0.748 e. The molecule has 6 heteroatoms. The normalized spacial score (nSPS) is 13.7. The Balaban J connectivity index is 0. The third-order valence-corrected chi connectivity index (χ3v) is 7.29. The fourth-order valence-corrected chi connectivity index (χ4v) is 5.01. The smallest absolute Gasteiger partial charge is 0.748 e. The van der Waals surface area contributed by atoms with E-state index in [1.807, 2.05) is 0 Å². The first kappa shape index (κ1) is 33.0. The van der Waals surface area contributed by atoms with E-state index in [1.54, 1.807) is 0 Å². The Morgan fingerprint density at radius 2 is 0.900 bits per heavy atom. The van der Waals surface area contributed by atoms with Gasteiger partial charge in [-0.3, -0.25) is 0 Å². The molecule has 2 atom stereocenters. The van der Waals surface area contributed by atoms with E-state index in [-0.39, 0.29) is 29.6 Å². The zero-order valence-corrected chi connectivity index (χ0v) is 23.2. The van der Waals surface area contributed by atoms with Crippen LogP contribution in [-0.2, 0) is 10.1 Å². The third kappa shape index (κ3) is 20.8. The second kappa shape index (κ2) is 23.0. The zero-order chi connectivity index (χ0) is 21.8. The minimum absolute atomic E-state index is 0. The van der Waals surface area contributed by atoms with Crippen LogP contribution in [0.3, 0.4) is 0 Å². The predicted molar refractivity (Wildman–Crippen MR) is 123 cm³/mol. The van der Waals surface area contributed by atoms with Crippen molar-refractivity contribution < 1.29 is 47.6 Å². The van der Waals surface area contributed by atoms with Gasteiger partial charge in [0.05, 0.1) is 11.4 Å². The summed E-state index contributed by atoms with van der Waals surface area (Å²) in [5.41, 5.74) is 0. The third-order valence-electron chi connectivity index (χ3n) is 6.00. The molecule has 0 amide bonds. The second-order valence-electron chi connectivity index (χ2n) is 8.83. The average Bonchev–Trinajstić information content (AvgIpc) is 2.66. The summed E-state index contributed by atoms with van der Waals surface area (Å²) in [6.45, 7) is 4.32. The predicted octanol–water partition coefficient (Wildman–Crippen LogP) is 4.11. The number of unbranched alkanes of at least 4 members (excludes halogenated alkanes) is 16. The molecule has 0 aromatic carbocycles. The van der Waals surface area contributed by atoms with Crippen LogP contribution in [0.25, 0.3) is 0 Å². The molecule has 0 spiro atoms. The van der Waals surface area contributed by atoms with E-state index in [4.69, 9.17) is 0 Å². The van der Waals surface area contributed by atoms with Crippen molar-refractivity contribution >= 4 is 10.1 Å². The van der Waals surface area contributed by atoms with E-state index in [0.29, 0.717) is 12.8 Å². The second-order valence-corrected chi connectivity index (χ2v) is 10.4. The van der Waals surface area contributed by atoms with E-state index in [9.17, 15) is 18.1 Å². The van der Waals surface area contributed by atoms with E-state index >= 15 is 0 Å². The van der Waals surface area contributed by atoms with E-state index < -0.39 is 21.5 Å². The molecule has 0 aliphatic rings. The van der Waals surface area contributed by atoms with Crippen molar-refractivity contribution in [3.63, 3.8) is 0 Å². The number of rotatable bonds is 22. The molecule has 0 saturated carbocycles. The maximum atomic E-state index is 11.5. The van der Waals surface area contributed by atoms with Gasteiger partial charge in [0.1, 0.15) is 10.1 Å². The van der Waals surface area contributed by atoms with Gasteiger partial charge in [-0.15, -0.1) is 0 Å². The maximum Gasteiger partial charge on any atom is 1.00 e. The molecule has 0 aliphatic carbocycles. The first-order chi connectivity index (χ1) is 13.9. The van der Waals surface area contributed by atoms with Crippen molar-refractivity contribution in [2.75, 3.05) is 0 Å². The van der Waals surface area contributed by atoms with Gasteiger partial charge in [-0.05, 0) is 12.8 Å². The summed E-state index contributed by atoms with van der Waals surface area (Å²) in [7, 11) is -4.42. The van der Waals surface area contributed by atoms with Crippen LogP contribution in [0.1, 0.15) is 142 Å². The first-order valence-electron chi connectivity index (χ1n) is 12.6. The van der Waals surface area contributed by atoms with E-state index in [0.717, 1.165) is 38.5 Å². The van der Waals surface area contributed by atoms with Crippen molar-refractivity contribution in [1.82, 2.24) is 0 Å². The Kier molecular flexibility index (Phi) is 25.4. The van der Waals surface area contributed by atoms with Crippen LogP contribution in [0.15, 0.2) is 0 Å². The summed E-state index contributed by atoms with van der Waals surface area (Å²) in [6.07, 6.45) is 21.3. The van der Waals surface area contributed by atoms with E-state index in [2.05, 4.69) is 13.8 Å². The SMILES string of the molecule is CCCCCCCCCCCCCCCCCC(C(O)CCCCC)S(=O)(=O)[O-].[Na+]. The Morgan fingerprint density at radius 3 is 1.27 bits per heavy atom. The summed E-state index contributed by atoms with van der Waals surface area (Å²) < 4.78 is 34.4. The van der Waals surface area contributed by atoms with Crippen LogP contribution in [-0.4, -0.2) is 29.4 Å². The van der Waals surface area contributed by atoms with Gasteiger partial charge in [-0.1, -0.05) is 129 Å². The van der Waals surface area contributed by atoms with Crippen molar-refractivity contribution in [3.8, 4) is 0 Å². The molecule has 0 aromatic heterocycles. The molecule has 1 N–H and O–H groups in total. The number of aliphatic hydroxyl groups is 1. The van der Waals surface area contributed by atoms with Crippen LogP contribution < -0.4 is 29.6 Å². The van der Waals surface area contributed by atoms with Gasteiger partial charge < -0.3 is 9.66 Å². The molecule has 0 aliphatic heterocycles. The molecule has 4 nitrogen and oxygen atoms in total. The van der Waals surface area contributed by atoms with Crippen LogP contribution in [0.4, 0.5) is 0 Å². The Bertz CT molecular complexity index is 442. The molecule has 0 heterocycles. The molecule has 2 unspecified atom stereocenters. The van der Waals surface area contributed by atoms with E-state index in [1.165, 1.54) is 77.0 Å². The number of hydrogen-bond acceptors (Lipinski definition) is 4. The zero-order valence-electron chi connectivity index (χ0n) is 20.4. The fraction of sp³-hybridized carbons (Fsp3) is 1.00. The number of hydrogen-bond donors (Lipinski definition) is 1. The summed E-state index contributed by atoms with van der Waals surface area (Å²) in [4.78, 5) is 0. The van der Waals surface area contributed by atoms with Gasteiger partial charge in [0.25, 0.3) is 0 Å². The molecule has 0 fully saturated rings. The Labute approximate surface area is 210 Å². The van der Waals surface area contributed by atoms with Crippen LogP contribution >= 0.6 is 0 Å². The Morgan fingerprint density at radius 1 is 0.600 bits per heavy atom. The molecule has 0 saturated heterocycles. The summed E-state index contributed by atoms with van der Waals surface area (Å²) >= 11 is 0. The molecular formula is C24H49NaO4S. The van der Waals surface area contributed by atoms with Crippen molar-refractivity contribution in [1.29, 1.82) is 0 Å². The largest absolute Gasteiger partial charge is 1.00 e. The number of aliphatic hydroxyl groups excluding tert-OH is 1. The van der Waals surface area contributed by atoms with Gasteiger partial charge >= 0.3 is 29.6 Å². The molecule has 30 heavy (non-hydrogen) atoms. The van der Waals surface area contributed by atoms with Gasteiger partial charge in [0.2, 0.25) is 0 Å². The van der Waals surface area contributed by atoms with Crippen molar-refractivity contribution in [2.45, 2.75) is 154 Å². The fourth-order valence-electron chi connectivity index (χ4n) is 4.04. The maximum absolute atomic E-state index is 11.5. The van der Waals surface area contributed by atoms with Crippen LogP contribution in [0.2, 0.25) is 0 Å². The van der Waals surface area contributed by atoms with Crippen LogP contribution in [0, 0.1) is 0 Å². The van der Waals surface area contributed by atoms with Crippen molar-refractivity contribution in [3.05, 3.63) is 0 Å². The van der Waals surface area contributed by atoms with Crippen LogP contribution in [0.5, 0.6) is 0 Å². The van der Waals surface area contributed by atoms with Gasteiger partial charge in [-0.2, -0.15) is 0 Å². The molecular weight excluding hydrogens is 407 g/mol. The first-order valence-corrected chi connectivity index (χ1v) is 14.0. The molecule has 0 rings (SSSR count). The topological polar surface area (TPSA) is 77.4 Å². The molecule has 176 valence electrons. The van der Waals surface area contributed by atoms with Gasteiger partial charge in [0, 0.05) is 0 Å².